The number of hydrogen-bond donors (Lipinski definition) is 7. The van der Waals surface area contributed by atoms with Crippen LogP contribution in [0.4, 0.5) is 5.69 Å². The number of aliphatic hydroxyl groups excluding tert-OH is 3. The highest BCUT2D eigenvalue weighted by Gasteiger charge is 2.29. The van der Waals surface area contributed by atoms with E-state index in [1.165, 1.54) is 12.1 Å². The van der Waals surface area contributed by atoms with E-state index >= 15 is 0 Å². The number of carboxylic acids is 2. The molecule has 0 aliphatic rings. The number of nitrogens with two attached hydrogens (primary N) is 1. The Bertz CT molecular complexity index is 710. The van der Waals surface area contributed by atoms with Crippen LogP contribution >= 0.6 is 11.6 Å². The molecule has 0 saturated heterocycles. The number of hydrogen-bond acceptors (Lipinski definition) is 8. The number of anilines is 1. The van der Waals surface area contributed by atoms with Gasteiger partial charge in [-0.15, -0.1) is 0 Å². The lowest BCUT2D eigenvalue weighted by Crippen LogP contribution is -2.39. The number of nitrogens with one attached hydrogen (secondary N) is 1. The zero-order chi connectivity index (χ0) is 23.4. The summed E-state index contributed by atoms with van der Waals surface area (Å²) < 4.78 is 0. The van der Waals surface area contributed by atoms with Gasteiger partial charge in [-0.2, -0.15) is 0 Å². The zero-order valence-electron chi connectivity index (χ0n) is 16.7. The molecule has 0 aliphatic carbocycles. The Morgan fingerprint density at radius 1 is 1.10 bits per heavy atom. The van der Waals surface area contributed by atoms with Gasteiger partial charge in [0.2, 0.25) is 0 Å². The highest BCUT2D eigenvalue weighted by Crippen LogP contribution is 2.23. The van der Waals surface area contributed by atoms with Crippen molar-refractivity contribution in [2.24, 2.45) is 0 Å². The molecule has 1 aromatic rings. The molecule has 170 valence electrons. The fraction of sp³-hybridized carbons (Fsp3) is 0.500. The molecular weight excluding hydrogens is 422 g/mol. The Hall–Kier alpha value is -2.44. The molecule has 0 spiro atoms. The Kier molecular flexibility index (Phi) is 12.6. The molecule has 0 saturated carbocycles. The number of rotatable bonds is 10. The van der Waals surface area contributed by atoms with E-state index in [0.29, 0.717) is 28.4 Å². The Morgan fingerprint density at radius 3 is 2.00 bits per heavy atom. The van der Waals surface area contributed by atoms with E-state index in [2.05, 4.69) is 24.1 Å². The second-order valence-corrected chi connectivity index (χ2v) is 6.45. The van der Waals surface area contributed by atoms with Crippen LogP contribution in [0.1, 0.15) is 29.8 Å². The number of benzene rings is 1. The average Bonchev–Trinajstić information content (AvgIpc) is 2.71. The normalized spacial score (nSPS) is 12.5. The largest absolute Gasteiger partial charge is 0.479 e. The van der Waals surface area contributed by atoms with Crippen LogP contribution in [0.15, 0.2) is 12.1 Å². The summed E-state index contributed by atoms with van der Waals surface area (Å²) in [6.07, 6.45) is -4.53. The summed E-state index contributed by atoms with van der Waals surface area (Å²) in [6.45, 7) is 7.14. The van der Waals surface area contributed by atoms with Gasteiger partial charge in [0.25, 0.3) is 5.91 Å². The molecule has 1 amide bonds. The topological polar surface area (TPSA) is 194 Å². The molecule has 0 fully saturated rings. The van der Waals surface area contributed by atoms with E-state index in [4.69, 9.17) is 37.8 Å². The van der Waals surface area contributed by atoms with E-state index in [9.17, 15) is 19.5 Å². The lowest BCUT2D eigenvalue weighted by Gasteiger charge is -2.18. The van der Waals surface area contributed by atoms with Crippen molar-refractivity contribution in [3.63, 3.8) is 0 Å². The molecule has 8 N–H and O–H groups in total. The monoisotopic (exact) mass is 449 g/mol. The van der Waals surface area contributed by atoms with Crippen molar-refractivity contribution in [3.05, 3.63) is 28.3 Å². The van der Waals surface area contributed by atoms with Crippen molar-refractivity contribution >= 4 is 35.1 Å². The Labute approximate surface area is 178 Å². The minimum atomic E-state index is -2.27. The SMILES string of the molecule is CCN(CC)CCNC(=O)c1cc(Cl)c(N)cc1CO.O=C(O)C(O)C(O)C(=O)O. The number of carbonyl (C=O) groups excluding carboxylic acids is 1. The predicted octanol–water partition coefficient (Wildman–Crippen LogP) is -0.636. The van der Waals surface area contributed by atoms with Gasteiger partial charge in [0.1, 0.15) is 0 Å². The standard InChI is InChI=1S/C14H22ClN3O2.C4H6O6/c1-3-18(4-2)6-5-17-14(20)11-8-12(15)13(16)7-10(11)9-19;5-1(3(7)8)2(6)4(9)10/h7-8,19H,3-6,9,16H2,1-2H3,(H,17,20);1-2,5-6H,(H,7,8)(H,9,10). The van der Waals surface area contributed by atoms with E-state index in [0.717, 1.165) is 19.6 Å². The van der Waals surface area contributed by atoms with Gasteiger partial charge in [-0.25, -0.2) is 9.59 Å². The van der Waals surface area contributed by atoms with Crippen LogP contribution in [0.25, 0.3) is 0 Å². The molecular formula is C18H28ClN3O8. The van der Waals surface area contributed by atoms with Crippen LogP contribution < -0.4 is 11.1 Å². The lowest BCUT2D eigenvalue weighted by atomic mass is 10.1. The molecule has 0 bridgehead atoms. The number of aliphatic carboxylic acids is 2. The van der Waals surface area contributed by atoms with Gasteiger partial charge < -0.3 is 41.5 Å². The van der Waals surface area contributed by atoms with Gasteiger partial charge in [0, 0.05) is 18.7 Å². The smallest absolute Gasteiger partial charge is 0.335 e. The number of carbonyl (C=O) groups is 3. The summed E-state index contributed by atoms with van der Waals surface area (Å²) in [5, 5.41) is 45.0. The van der Waals surface area contributed by atoms with Gasteiger partial charge in [0.05, 0.1) is 17.3 Å². The van der Waals surface area contributed by atoms with Crippen molar-refractivity contribution < 1.29 is 39.9 Å². The van der Waals surface area contributed by atoms with Crippen molar-refractivity contribution in [1.82, 2.24) is 10.2 Å². The minimum Gasteiger partial charge on any atom is -0.479 e. The van der Waals surface area contributed by atoms with Crippen LogP contribution in [0, 0.1) is 0 Å². The van der Waals surface area contributed by atoms with Crippen LogP contribution in [0.3, 0.4) is 0 Å². The van der Waals surface area contributed by atoms with E-state index < -0.39 is 24.1 Å². The van der Waals surface area contributed by atoms with Crippen LogP contribution in [-0.4, -0.2) is 86.7 Å². The summed E-state index contributed by atoms with van der Waals surface area (Å²) in [5.74, 6) is -3.78. The molecule has 30 heavy (non-hydrogen) atoms. The van der Waals surface area contributed by atoms with Crippen molar-refractivity contribution in [3.8, 4) is 0 Å². The maximum Gasteiger partial charge on any atom is 0.335 e. The van der Waals surface area contributed by atoms with Crippen LogP contribution in [0.2, 0.25) is 5.02 Å². The van der Waals surface area contributed by atoms with Gasteiger partial charge in [-0.05, 0) is 30.8 Å². The van der Waals surface area contributed by atoms with Crippen molar-refractivity contribution in [1.29, 1.82) is 0 Å². The number of nitrogens with zero attached hydrogens (tertiary/aromatic N) is 1. The minimum absolute atomic E-state index is 0.247. The third kappa shape index (κ3) is 8.93. The van der Waals surface area contributed by atoms with Crippen molar-refractivity contribution in [2.75, 3.05) is 31.9 Å². The summed E-state index contributed by atoms with van der Waals surface area (Å²) >= 11 is 5.92. The number of likely N-dealkylation sites (N-methyl/N-ethyl adjacent to an activating group) is 1. The quantitative estimate of drug-likeness (QED) is 0.226. The highest BCUT2D eigenvalue weighted by atomic mass is 35.5. The molecule has 0 aromatic heterocycles. The average molecular weight is 450 g/mol. The highest BCUT2D eigenvalue weighted by molar-refractivity contribution is 6.33. The Morgan fingerprint density at radius 2 is 1.60 bits per heavy atom. The molecule has 2 atom stereocenters. The van der Waals surface area contributed by atoms with E-state index in [1.807, 2.05) is 0 Å². The molecule has 0 aliphatic heterocycles. The first-order chi connectivity index (χ1) is 14.0. The third-order valence-electron chi connectivity index (χ3n) is 4.05. The maximum atomic E-state index is 12.1. The first-order valence-electron chi connectivity index (χ1n) is 9.01. The van der Waals surface area contributed by atoms with E-state index in [1.54, 1.807) is 0 Å². The van der Waals surface area contributed by atoms with Crippen LogP contribution in [-0.2, 0) is 16.2 Å². The third-order valence-corrected chi connectivity index (χ3v) is 4.38. The number of aliphatic hydroxyl groups is 3. The fourth-order valence-corrected chi connectivity index (χ4v) is 2.38. The van der Waals surface area contributed by atoms with E-state index in [-0.39, 0.29) is 12.5 Å². The van der Waals surface area contributed by atoms with Gasteiger partial charge in [0.15, 0.2) is 12.2 Å². The molecule has 2 unspecified atom stereocenters. The summed E-state index contributed by atoms with van der Waals surface area (Å²) in [4.78, 5) is 33.9. The second kappa shape index (κ2) is 13.7. The van der Waals surface area contributed by atoms with Crippen molar-refractivity contribution in [2.45, 2.75) is 32.7 Å². The molecule has 11 nitrogen and oxygen atoms in total. The molecule has 1 rings (SSSR count). The zero-order valence-corrected chi connectivity index (χ0v) is 17.5. The number of amides is 1. The predicted molar refractivity (Wildman–Crippen MR) is 109 cm³/mol. The Balaban J connectivity index is 0.000000710. The molecule has 1 aromatic carbocycles. The van der Waals surface area contributed by atoms with Gasteiger partial charge in [-0.3, -0.25) is 4.79 Å². The number of nitrogen functional groups attached to an aromatic ring is 1. The maximum absolute atomic E-state index is 12.1. The first kappa shape index (κ1) is 27.6. The lowest BCUT2D eigenvalue weighted by molar-refractivity contribution is -0.165. The van der Waals surface area contributed by atoms with Gasteiger partial charge >= 0.3 is 11.9 Å². The summed E-state index contributed by atoms with van der Waals surface area (Å²) in [5.41, 5.74) is 6.86. The van der Waals surface area contributed by atoms with Gasteiger partial charge in [-0.1, -0.05) is 25.4 Å². The number of carboxylic acid groups (broad SMARTS) is 2. The molecule has 12 heteroatoms. The van der Waals surface area contributed by atoms with Crippen LogP contribution in [0.5, 0.6) is 0 Å². The first-order valence-corrected chi connectivity index (χ1v) is 9.38. The second-order valence-electron chi connectivity index (χ2n) is 6.04. The molecule has 0 heterocycles. The number of halogens is 1. The summed E-state index contributed by atoms with van der Waals surface area (Å²) in [6, 6.07) is 3.02. The fourth-order valence-electron chi connectivity index (χ4n) is 2.21. The summed E-state index contributed by atoms with van der Waals surface area (Å²) in [7, 11) is 0. The molecule has 0 radical (unpaired) electrons.